The van der Waals surface area contributed by atoms with Crippen LogP contribution in [0.15, 0.2) is 24.3 Å². The van der Waals surface area contributed by atoms with Crippen LogP contribution < -0.4 is 10.6 Å². The van der Waals surface area contributed by atoms with E-state index in [2.05, 4.69) is 36.0 Å². The van der Waals surface area contributed by atoms with Crippen molar-refractivity contribution >= 4 is 40.2 Å². The highest BCUT2D eigenvalue weighted by molar-refractivity contribution is 6.30. The van der Waals surface area contributed by atoms with Gasteiger partial charge in [0.2, 0.25) is 11.6 Å². The molecule has 2 heterocycles. The maximum Gasteiger partial charge on any atom is 0.227 e. The van der Waals surface area contributed by atoms with E-state index in [0.717, 1.165) is 31.4 Å². The summed E-state index contributed by atoms with van der Waals surface area (Å²) in [5.74, 6) is 1.05. The fourth-order valence-corrected chi connectivity index (χ4v) is 3.19. The molecule has 0 bridgehead atoms. The van der Waals surface area contributed by atoms with Crippen LogP contribution in [0.4, 0.5) is 17.5 Å². The zero-order chi connectivity index (χ0) is 17.2. The van der Waals surface area contributed by atoms with Crippen molar-refractivity contribution in [1.82, 2.24) is 25.4 Å². The van der Waals surface area contributed by atoms with Crippen molar-refractivity contribution in [1.29, 1.82) is 0 Å². The number of aliphatic hydroxyl groups excluding tert-OH is 1. The number of hydrogen-bond acceptors (Lipinski definition) is 7. The molecule has 0 aliphatic heterocycles. The highest BCUT2D eigenvalue weighted by Gasteiger charge is 2.21. The molecule has 0 saturated heterocycles. The lowest BCUT2D eigenvalue weighted by atomic mass is 9.93. The Bertz CT molecular complexity index is 876. The van der Waals surface area contributed by atoms with Crippen molar-refractivity contribution in [2.24, 2.45) is 0 Å². The second-order valence-corrected chi connectivity index (χ2v) is 6.61. The minimum Gasteiger partial charge on any atom is -0.393 e. The molecule has 25 heavy (non-hydrogen) atoms. The van der Waals surface area contributed by atoms with Crippen LogP contribution in [0.1, 0.15) is 25.7 Å². The van der Waals surface area contributed by atoms with Gasteiger partial charge in [-0.15, -0.1) is 5.10 Å². The van der Waals surface area contributed by atoms with E-state index >= 15 is 0 Å². The molecule has 8 nitrogen and oxygen atoms in total. The number of anilines is 3. The highest BCUT2D eigenvalue weighted by atomic mass is 35.5. The summed E-state index contributed by atoms with van der Waals surface area (Å²) in [5.41, 5.74) is 1.85. The summed E-state index contributed by atoms with van der Waals surface area (Å²) in [6.45, 7) is 0. The topological polar surface area (TPSA) is 112 Å². The number of H-pyrrole nitrogens is 1. The van der Waals surface area contributed by atoms with Gasteiger partial charge in [-0.3, -0.25) is 0 Å². The van der Waals surface area contributed by atoms with E-state index in [1.165, 1.54) is 0 Å². The number of fused-ring (bicyclic) bond motifs is 1. The summed E-state index contributed by atoms with van der Waals surface area (Å²) in [4.78, 5) is 8.96. The maximum atomic E-state index is 9.64. The van der Waals surface area contributed by atoms with Gasteiger partial charge in [0.15, 0.2) is 11.3 Å². The molecule has 130 valence electrons. The largest absolute Gasteiger partial charge is 0.393 e. The van der Waals surface area contributed by atoms with E-state index in [-0.39, 0.29) is 12.1 Å². The summed E-state index contributed by atoms with van der Waals surface area (Å²) in [7, 11) is 0. The Morgan fingerprint density at radius 3 is 2.76 bits per heavy atom. The van der Waals surface area contributed by atoms with Gasteiger partial charge in [-0.25, -0.2) is 0 Å². The Labute approximate surface area is 149 Å². The first-order valence-electron chi connectivity index (χ1n) is 8.23. The fourth-order valence-electron chi connectivity index (χ4n) is 3.00. The maximum absolute atomic E-state index is 9.64. The summed E-state index contributed by atoms with van der Waals surface area (Å²) in [5, 5.41) is 27.6. The van der Waals surface area contributed by atoms with E-state index < -0.39 is 0 Å². The molecule has 1 saturated carbocycles. The number of aromatic amines is 1. The molecule has 0 unspecified atom stereocenters. The van der Waals surface area contributed by atoms with Gasteiger partial charge in [-0.05, 0) is 43.9 Å². The lowest BCUT2D eigenvalue weighted by Gasteiger charge is -2.26. The van der Waals surface area contributed by atoms with E-state index in [9.17, 15) is 5.11 Å². The van der Waals surface area contributed by atoms with Crippen molar-refractivity contribution in [3.8, 4) is 0 Å². The Morgan fingerprint density at radius 2 is 1.96 bits per heavy atom. The number of benzene rings is 1. The first-order valence-corrected chi connectivity index (χ1v) is 8.61. The van der Waals surface area contributed by atoms with Crippen LogP contribution in [-0.4, -0.2) is 42.6 Å². The summed E-state index contributed by atoms with van der Waals surface area (Å²) < 4.78 is 0. The van der Waals surface area contributed by atoms with Gasteiger partial charge >= 0.3 is 0 Å². The molecule has 0 spiro atoms. The smallest absolute Gasteiger partial charge is 0.227 e. The van der Waals surface area contributed by atoms with Crippen molar-refractivity contribution in [3.63, 3.8) is 0 Å². The van der Waals surface area contributed by atoms with E-state index in [1.807, 2.05) is 24.3 Å². The second kappa shape index (κ2) is 6.81. The number of halogens is 1. The van der Waals surface area contributed by atoms with Crippen molar-refractivity contribution in [2.75, 3.05) is 10.6 Å². The normalized spacial score (nSPS) is 20.6. The lowest BCUT2D eigenvalue weighted by molar-refractivity contribution is 0.126. The summed E-state index contributed by atoms with van der Waals surface area (Å²) >= 11 is 6.04. The predicted molar refractivity (Wildman–Crippen MR) is 96.1 cm³/mol. The van der Waals surface area contributed by atoms with Gasteiger partial charge in [0.05, 0.1) is 6.10 Å². The molecular formula is C16H18ClN7O. The van der Waals surface area contributed by atoms with Crippen LogP contribution in [0.5, 0.6) is 0 Å². The average molecular weight is 360 g/mol. The van der Waals surface area contributed by atoms with Gasteiger partial charge in [0.1, 0.15) is 0 Å². The summed E-state index contributed by atoms with van der Waals surface area (Å²) in [6.07, 6.45) is 3.16. The van der Waals surface area contributed by atoms with E-state index in [4.69, 9.17) is 11.6 Å². The Kier molecular flexibility index (Phi) is 4.37. The fraction of sp³-hybridized carbons (Fsp3) is 0.375. The minimum absolute atomic E-state index is 0.197. The predicted octanol–water partition coefficient (Wildman–Crippen LogP) is 2.86. The molecule has 1 fully saturated rings. The molecule has 1 aliphatic carbocycles. The Balaban J connectivity index is 1.60. The van der Waals surface area contributed by atoms with E-state index in [1.54, 1.807) is 0 Å². The van der Waals surface area contributed by atoms with Crippen LogP contribution in [0.25, 0.3) is 11.2 Å². The van der Waals surface area contributed by atoms with Gasteiger partial charge in [0.25, 0.3) is 0 Å². The van der Waals surface area contributed by atoms with Crippen molar-refractivity contribution in [3.05, 3.63) is 29.3 Å². The quantitative estimate of drug-likeness (QED) is 0.566. The van der Waals surface area contributed by atoms with Crippen LogP contribution in [0.3, 0.4) is 0 Å². The molecule has 4 rings (SSSR count). The molecule has 0 atom stereocenters. The van der Waals surface area contributed by atoms with Gasteiger partial charge < -0.3 is 15.7 Å². The Morgan fingerprint density at radius 1 is 1.12 bits per heavy atom. The van der Waals surface area contributed by atoms with Crippen LogP contribution in [-0.2, 0) is 0 Å². The van der Waals surface area contributed by atoms with Gasteiger partial charge in [-0.1, -0.05) is 17.7 Å². The highest BCUT2D eigenvalue weighted by Crippen LogP contribution is 2.26. The second-order valence-electron chi connectivity index (χ2n) is 6.18. The summed E-state index contributed by atoms with van der Waals surface area (Å²) in [6, 6.07) is 7.62. The monoisotopic (exact) mass is 359 g/mol. The SMILES string of the molecule is OC1CCC(Nc2nc(Nc3cccc(Cl)c3)c3n[nH]nc3n2)CC1. The average Bonchev–Trinajstić information content (AvgIpc) is 3.06. The Hall–Kier alpha value is -2.45. The zero-order valence-corrected chi connectivity index (χ0v) is 14.2. The van der Waals surface area contributed by atoms with Crippen LogP contribution >= 0.6 is 11.6 Å². The van der Waals surface area contributed by atoms with Crippen molar-refractivity contribution < 1.29 is 5.11 Å². The molecule has 1 aromatic carbocycles. The number of aromatic nitrogens is 5. The number of nitrogens with zero attached hydrogens (tertiary/aromatic N) is 4. The third-order valence-corrected chi connectivity index (χ3v) is 4.54. The van der Waals surface area contributed by atoms with Gasteiger partial charge in [0, 0.05) is 16.8 Å². The first kappa shape index (κ1) is 16.0. The lowest BCUT2D eigenvalue weighted by Crippen LogP contribution is -2.29. The first-order chi connectivity index (χ1) is 12.2. The third-order valence-electron chi connectivity index (χ3n) is 4.30. The molecule has 2 aromatic heterocycles. The molecule has 3 aromatic rings. The molecule has 4 N–H and O–H groups in total. The number of aliphatic hydroxyl groups is 1. The third kappa shape index (κ3) is 3.64. The molecule has 9 heteroatoms. The van der Waals surface area contributed by atoms with Crippen LogP contribution in [0, 0.1) is 0 Å². The zero-order valence-electron chi connectivity index (χ0n) is 13.4. The van der Waals surface area contributed by atoms with Crippen molar-refractivity contribution in [2.45, 2.75) is 37.8 Å². The number of rotatable bonds is 4. The number of nitrogens with one attached hydrogen (secondary N) is 3. The number of hydrogen-bond donors (Lipinski definition) is 4. The molecule has 0 radical (unpaired) electrons. The molecule has 0 amide bonds. The minimum atomic E-state index is -0.197. The standard InChI is InChI=1S/C16H18ClN7O/c17-9-2-1-3-11(8-9)18-14-13-15(23-24-22-13)21-16(20-14)19-10-4-6-12(25)7-5-10/h1-3,8,10,12,25H,4-7H2,(H3,18,19,20,21,22,23,24). The van der Waals surface area contributed by atoms with Crippen LogP contribution in [0.2, 0.25) is 5.02 Å². The van der Waals surface area contributed by atoms with Gasteiger partial charge in [-0.2, -0.15) is 20.3 Å². The molecular weight excluding hydrogens is 342 g/mol. The van der Waals surface area contributed by atoms with E-state index in [0.29, 0.717) is 28.0 Å². The molecule has 1 aliphatic rings.